The first-order valence-electron chi connectivity index (χ1n) is 9.02. The van der Waals surface area contributed by atoms with Gasteiger partial charge in [-0.3, -0.25) is 4.90 Å². The van der Waals surface area contributed by atoms with Gasteiger partial charge in [-0.05, 0) is 43.5 Å². The fourth-order valence-corrected chi connectivity index (χ4v) is 3.54. The van der Waals surface area contributed by atoms with Crippen LogP contribution in [0.4, 0.5) is 13.2 Å². The number of piperidine rings is 1. The predicted molar refractivity (Wildman–Crippen MR) is 103 cm³/mol. The lowest BCUT2D eigenvalue weighted by molar-refractivity contribution is -0.192. The Morgan fingerprint density at radius 1 is 1.27 bits per heavy atom. The summed E-state index contributed by atoms with van der Waals surface area (Å²) in [5.41, 5.74) is 1.27. The highest BCUT2D eigenvalue weighted by Gasteiger charge is 2.38. The molecule has 1 aromatic carbocycles. The Morgan fingerprint density at radius 2 is 1.97 bits per heavy atom. The number of carboxylic acids is 2. The average molecular weight is 493 g/mol. The van der Waals surface area contributed by atoms with Crippen molar-refractivity contribution in [1.82, 2.24) is 9.88 Å². The van der Waals surface area contributed by atoms with E-state index in [-0.39, 0.29) is 5.69 Å². The molecule has 30 heavy (non-hydrogen) atoms. The van der Waals surface area contributed by atoms with Gasteiger partial charge in [0.15, 0.2) is 5.69 Å². The smallest absolute Gasteiger partial charge is 0.476 e. The molecule has 0 aliphatic carbocycles. The number of alkyl halides is 3. The molecule has 1 atom stereocenters. The maximum atomic E-state index is 10.9. The fourth-order valence-electron chi connectivity index (χ4n) is 3.09. The van der Waals surface area contributed by atoms with Gasteiger partial charge in [0, 0.05) is 10.5 Å². The Morgan fingerprint density at radius 3 is 2.53 bits per heavy atom. The Labute approximate surface area is 178 Å². The summed E-state index contributed by atoms with van der Waals surface area (Å²) in [6.45, 7) is 1.55. The van der Waals surface area contributed by atoms with E-state index in [1.54, 1.807) is 0 Å². The van der Waals surface area contributed by atoms with Crippen molar-refractivity contribution in [2.45, 2.75) is 44.4 Å². The molecule has 0 spiro atoms. The Bertz CT molecular complexity index is 872. The average Bonchev–Trinajstić information content (AvgIpc) is 3.12. The number of hydrogen-bond acceptors (Lipinski definition) is 5. The number of aromatic carboxylic acids is 1. The number of halogens is 4. The van der Waals surface area contributed by atoms with Gasteiger partial charge < -0.3 is 14.6 Å². The summed E-state index contributed by atoms with van der Waals surface area (Å²) in [4.78, 5) is 26.2. The van der Waals surface area contributed by atoms with Crippen LogP contribution >= 0.6 is 15.9 Å². The van der Waals surface area contributed by atoms with Gasteiger partial charge in [0.1, 0.15) is 6.26 Å². The first-order chi connectivity index (χ1) is 14.1. The van der Waals surface area contributed by atoms with Crippen molar-refractivity contribution in [1.29, 1.82) is 0 Å². The number of likely N-dealkylation sites (tertiary alicyclic amines) is 1. The minimum Gasteiger partial charge on any atom is -0.476 e. The lowest BCUT2D eigenvalue weighted by Gasteiger charge is -2.35. The molecule has 1 aliphatic rings. The lowest BCUT2D eigenvalue weighted by atomic mass is 9.95. The standard InChI is InChI=1S/C17H19BrN2O3.C2HF3O2/c18-13-5-3-4-12(8-13)9-14-6-1-2-7-20(14)10-16-19-15(11-23-16)17(21)22;3-2(4,5)1(6)7/h3-5,8,11,14H,1-2,6-7,9-10H2,(H,21,22);(H,6,7). The molecule has 0 radical (unpaired) electrons. The number of benzene rings is 1. The molecule has 164 valence electrons. The minimum atomic E-state index is -5.08. The van der Waals surface area contributed by atoms with Crippen molar-refractivity contribution >= 4 is 27.9 Å². The van der Waals surface area contributed by atoms with Crippen molar-refractivity contribution < 1.29 is 37.4 Å². The molecule has 3 rings (SSSR count). The fraction of sp³-hybridized carbons (Fsp3) is 0.421. The van der Waals surface area contributed by atoms with Crippen molar-refractivity contribution in [2.24, 2.45) is 0 Å². The lowest BCUT2D eigenvalue weighted by Crippen LogP contribution is -2.40. The molecule has 1 saturated heterocycles. The number of rotatable bonds is 5. The number of oxazole rings is 1. The molecule has 2 heterocycles. The molecule has 1 fully saturated rings. The van der Waals surface area contributed by atoms with E-state index in [2.05, 4.69) is 44.0 Å². The summed E-state index contributed by atoms with van der Waals surface area (Å²) >= 11 is 3.52. The third-order valence-corrected chi connectivity index (χ3v) is 4.95. The minimum absolute atomic E-state index is 0.0273. The first-order valence-corrected chi connectivity index (χ1v) is 9.82. The van der Waals surface area contributed by atoms with Crippen LogP contribution in [0.3, 0.4) is 0 Å². The molecule has 7 nitrogen and oxygen atoms in total. The SMILES string of the molecule is O=C(O)C(F)(F)F.O=C(O)c1coc(CN2CCCCC2Cc2cccc(Br)c2)n1. The van der Waals surface area contributed by atoms with Crippen LogP contribution in [-0.2, 0) is 17.8 Å². The summed E-state index contributed by atoms with van der Waals surface area (Å²) in [5, 5.41) is 16.1. The largest absolute Gasteiger partial charge is 0.490 e. The van der Waals surface area contributed by atoms with E-state index in [0.717, 1.165) is 30.3 Å². The number of carboxylic acid groups (broad SMARTS) is 2. The van der Waals surface area contributed by atoms with Gasteiger partial charge in [-0.2, -0.15) is 13.2 Å². The number of nitrogens with zero attached hydrogens (tertiary/aromatic N) is 2. The summed E-state index contributed by atoms with van der Waals surface area (Å²) < 4.78 is 38.1. The van der Waals surface area contributed by atoms with E-state index in [1.165, 1.54) is 18.2 Å². The second-order valence-corrected chi connectivity index (χ2v) is 7.60. The van der Waals surface area contributed by atoms with E-state index in [9.17, 15) is 18.0 Å². The maximum absolute atomic E-state index is 10.9. The third kappa shape index (κ3) is 7.45. The summed E-state index contributed by atoms with van der Waals surface area (Å²) in [6.07, 6.45) is 0.623. The maximum Gasteiger partial charge on any atom is 0.490 e. The highest BCUT2D eigenvalue weighted by atomic mass is 79.9. The van der Waals surface area contributed by atoms with E-state index in [0.29, 0.717) is 18.5 Å². The second kappa shape index (κ2) is 10.6. The Kier molecular flexibility index (Phi) is 8.42. The molecule has 2 aromatic rings. The van der Waals surface area contributed by atoms with Crippen LogP contribution in [0.5, 0.6) is 0 Å². The van der Waals surface area contributed by atoms with Crippen molar-refractivity contribution in [3.05, 3.63) is 52.1 Å². The molecular weight excluding hydrogens is 473 g/mol. The Hall–Kier alpha value is -2.40. The zero-order valence-electron chi connectivity index (χ0n) is 15.7. The third-order valence-electron chi connectivity index (χ3n) is 4.46. The molecule has 0 amide bonds. The summed E-state index contributed by atoms with van der Waals surface area (Å²) in [5.74, 6) is -3.33. The van der Waals surface area contributed by atoms with Crippen LogP contribution in [0.2, 0.25) is 0 Å². The molecular formula is C19H20BrF3N2O5. The number of aromatic nitrogens is 1. The monoisotopic (exact) mass is 492 g/mol. The zero-order chi connectivity index (χ0) is 22.3. The van der Waals surface area contributed by atoms with Crippen LogP contribution in [0, 0.1) is 0 Å². The summed E-state index contributed by atoms with van der Waals surface area (Å²) in [7, 11) is 0. The quantitative estimate of drug-likeness (QED) is 0.638. The molecule has 0 saturated carbocycles. The highest BCUT2D eigenvalue weighted by molar-refractivity contribution is 9.10. The highest BCUT2D eigenvalue weighted by Crippen LogP contribution is 2.24. The van der Waals surface area contributed by atoms with Crippen LogP contribution in [0.25, 0.3) is 0 Å². The van der Waals surface area contributed by atoms with Crippen molar-refractivity contribution in [2.75, 3.05) is 6.54 Å². The van der Waals surface area contributed by atoms with Crippen LogP contribution < -0.4 is 0 Å². The number of aliphatic carboxylic acids is 1. The van der Waals surface area contributed by atoms with Gasteiger partial charge in [0.25, 0.3) is 0 Å². The molecule has 2 N–H and O–H groups in total. The van der Waals surface area contributed by atoms with Crippen LogP contribution in [0.1, 0.15) is 41.2 Å². The van der Waals surface area contributed by atoms with Crippen molar-refractivity contribution in [3.8, 4) is 0 Å². The van der Waals surface area contributed by atoms with E-state index in [4.69, 9.17) is 19.4 Å². The molecule has 1 unspecified atom stereocenters. The zero-order valence-corrected chi connectivity index (χ0v) is 17.3. The van der Waals surface area contributed by atoms with Crippen LogP contribution in [0.15, 0.2) is 39.4 Å². The van der Waals surface area contributed by atoms with Crippen molar-refractivity contribution in [3.63, 3.8) is 0 Å². The first kappa shape index (κ1) is 23.9. The van der Waals surface area contributed by atoms with Crippen LogP contribution in [-0.4, -0.2) is 50.8 Å². The van der Waals surface area contributed by atoms with Gasteiger partial charge in [-0.15, -0.1) is 0 Å². The molecule has 1 aromatic heterocycles. The molecule has 1 aliphatic heterocycles. The van der Waals surface area contributed by atoms with E-state index < -0.39 is 18.1 Å². The van der Waals surface area contributed by atoms with E-state index >= 15 is 0 Å². The number of carbonyl (C=O) groups is 2. The van der Waals surface area contributed by atoms with Gasteiger partial charge in [-0.25, -0.2) is 14.6 Å². The van der Waals surface area contributed by atoms with Gasteiger partial charge >= 0.3 is 18.1 Å². The van der Waals surface area contributed by atoms with Gasteiger partial charge in [-0.1, -0.05) is 34.5 Å². The molecule has 11 heteroatoms. The number of hydrogen-bond donors (Lipinski definition) is 2. The topological polar surface area (TPSA) is 104 Å². The summed E-state index contributed by atoms with van der Waals surface area (Å²) in [6, 6.07) is 8.81. The van der Waals surface area contributed by atoms with Gasteiger partial charge in [0.05, 0.1) is 6.54 Å². The van der Waals surface area contributed by atoms with E-state index in [1.807, 2.05) is 6.07 Å². The Balaban J connectivity index is 0.000000396. The van der Waals surface area contributed by atoms with Gasteiger partial charge in [0.2, 0.25) is 5.89 Å². The normalized spacial score (nSPS) is 17.1. The predicted octanol–water partition coefficient (Wildman–Crippen LogP) is 4.37. The second-order valence-electron chi connectivity index (χ2n) is 6.69. The molecule has 0 bridgehead atoms.